The van der Waals surface area contributed by atoms with Crippen molar-refractivity contribution >= 4 is 17.1 Å². The number of ether oxygens (including phenoxy) is 1. The van der Waals surface area contributed by atoms with Gasteiger partial charge in [-0.3, -0.25) is 0 Å². The standard InChI is InChI=1S/C9H11N5O/c1-2-15-4-6(1)13-9-10-3-7-8(14-9)12-5-11-7/h3,5-6H,1-2,4H2,(H2,10,11,12,13,14)/t6-/m1/s1. The minimum absolute atomic E-state index is 0.321. The SMILES string of the molecule is c1nc2nc(N[C@@H]3CCOC3)ncc2[nH]1. The van der Waals surface area contributed by atoms with Gasteiger partial charge in [0, 0.05) is 6.61 Å². The number of nitrogens with one attached hydrogen (secondary N) is 2. The highest BCUT2D eigenvalue weighted by Crippen LogP contribution is 2.11. The molecule has 0 unspecified atom stereocenters. The third kappa shape index (κ3) is 1.63. The molecular weight excluding hydrogens is 194 g/mol. The zero-order valence-corrected chi connectivity index (χ0v) is 8.10. The molecule has 0 amide bonds. The monoisotopic (exact) mass is 205 g/mol. The molecule has 1 aliphatic rings. The molecule has 2 N–H and O–H groups in total. The number of nitrogens with zero attached hydrogens (tertiary/aromatic N) is 3. The molecule has 2 aromatic heterocycles. The van der Waals surface area contributed by atoms with Crippen LogP contribution in [0.1, 0.15) is 6.42 Å². The van der Waals surface area contributed by atoms with Crippen molar-refractivity contribution in [1.29, 1.82) is 0 Å². The van der Waals surface area contributed by atoms with Crippen LogP contribution in [0.15, 0.2) is 12.5 Å². The summed E-state index contributed by atoms with van der Waals surface area (Å²) in [7, 11) is 0. The fourth-order valence-corrected chi connectivity index (χ4v) is 1.64. The first-order valence-electron chi connectivity index (χ1n) is 4.92. The molecule has 6 heteroatoms. The van der Waals surface area contributed by atoms with Crippen LogP contribution in [0.5, 0.6) is 0 Å². The number of anilines is 1. The Balaban J connectivity index is 1.84. The second kappa shape index (κ2) is 3.47. The second-order valence-corrected chi connectivity index (χ2v) is 3.54. The zero-order chi connectivity index (χ0) is 10.1. The van der Waals surface area contributed by atoms with E-state index < -0.39 is 0 Å². The van der Waals surface area contributed by atoms with Crippen molar-refractivity contribution in [3.63, 3.8) is 0 Å². The Morgan fingerprint density at radius 2 is 2.47 bits per heavy atom. The van der Waals surface area contributed by atoms with Crippen LogP contribution >= 0.6 is 0 Å². The minimum atomic E-state index is 0.321. The van der Waals surface area contributed by atoms with E-state index in [1.807, 2.05) is 0 Å². The summed E-state index contributed by atoms with van der Waals surface area (Å²) >= 11 is 0. The van der Waals surface area contributed by atoms with Crippen molar-refractivity contribution in [3.05, 3.63) is 12.5 Å². The molecular formula is C9H11N5O. The van der Waals surface area contributed by atoms with E-state index in [0.29, 0.717) is 17.6 Å². The highest BCUT2D eigenvalue weighted by Gasteiger charge is 2.16. The van der Waals surface area contributed by atoms with Gasteiger partial charge in [-0.05, 0) is 6.42 Å². The van der Waals surface area contributed by atoms with Gasteiger partial charge in [0.05, 0.1) is 25.2 Å². The Bertz CT molecular complexity index is 462. The van der Waals surface area contributed by atoms with Crippen LogP contribution in [0.25, 0.3) is 11.2 Å². The molecule has 0 bridgehead atoms. The Kier molecular flexibility index (Phi) is 1.99. The maximum Gasteiger partial charge on any atom is 0.225 e. The summed E-state index contributed by atoms with van der Waals surface area (Å²) in [5.74, 6) is 0.616. The molecule has 1 atom stereocenters. The molecule has 3 rings (SSSR count). The van der Waals surface area contributed by atoms with Gasteiger partial charge in [-0.1, -0.05) is 0 Å². The lowest BCUT2D eigenvalue weighted by Gasteiger charge is -2.09. The summed E-state index contributed by atoms with van der Waals surface area (Å²) in [4.78, 5) is 15.5. The summed E-state index contributed by atoms with van der Waals surface area (Å²) < 4.78 is 5.26. The molecule has 3 heterocycles. The molecule has 0 spiro atoms. The fraction of sp³-hybridized carbons (Fsp3) is 0.444. The van der Waals surface area contributed by atoms with Crippen LogP contribution in [0.2, 0.25) is 0 Å². The summed E-state index contributed by atoms with van der Waals surface area (Å²) in [6.45, 7) is 1.53. The van der Waals surface area contributed by atoms with Gasteiger partial charge >= 0.3 is 0 Å². The molecule has 78 valence electrons. The summed E-state index contributed by atoms with van der Waals surface area (Å²) in [6, 6.07) is 0.321. The van der Waals surface area contributed by atoms with E-state index in [2.05, 4.69) is 25.3 Å². The molecule has 1 aliphatic heterocycles. The summed E-state index contributed by atoms with van der Waals surface area (Å²) in [6.07, 6.45) is 4.34. The molecule has 2 aromatic rings. The maximum absolute atomic E-state index is 5.26. The van der Waals surface area contributed by atoms with Crippen molar-refractivity contribution < 1.29 is 4.74 Å². The van der Waals surface area contributed by atoms with Crippen LogP contribution in [0.4, 0.5) is 5.95 Å². The van der Waals surface area contributed by atoms with E-state index in [-0.39, 0.29) is 0 Å². The normalized spacial score (nSPS) is 20.9. The van der Waals surface area contributed by atoms with Crippen molar-refractivity contribution in [2.24, 2.45) is 0 Å². The lowest BCUT2D eigenvalue weighted by molar-refractivity contribution is 0.195. The van der Waals surface area contributed by atoms with Gasteiger partial charge in [0.2, 0.25) is 5.95 Å². The van der Waals surface area contributed by atoms with Gasteiger partial charge in [0.1, 0.15) is 5.52 Å². The molecule has 1 saturated heterocycles. The number of rotatable bonds is 2. The second-order valence-electron chi connectivity index (χ2n) is 3.54. The molecule has 0 saturated carbocycles. The number of imidazole rings is 1. The maximum atomic E-state index is 5.26. The zero-order valence-electron chi connectivity index (χ0n) is 8.10. The largest absolute Gasteiger partial charge is 0.379 e. The van der Waals surface area contributed by atoms with Crippen molar-refractivity contribution in [2.45, 2.75) is 12.5 Å². The highest BCUT2D eigenvalue weighted by molar-refractivity contribution is 5.69. The van der Waals surface area contributed by atoms with Gasteiger partial charge in [-0.15, -0.1) is 0 Å². The highest BCUT2D eigenvalue weighted by atomic mass is 16.5. The van der Waals surface area contributed by atoms with Gasteiger partial charge in [-0.25, -0.2) is 9.97 Å². The Morgan fingerprint density at radius 1 is 1.47 bits per heavy atom. The lowest BCUT2D eigenvalue weighted by atomic mass is 10.3. The molecule has 0 aliphatic carbocycles. The molecule has 1 fully saturated rings. The topological polar surface area (TPSA) is 75.7 Å². The number of H-pyrrole nitrogens is 1. The fourth-order valence-electron chi connectivity index (χ4n) is 1.64. The number of hydrogen-bond donors (Lipinski definition) is 2. The van der Waals surface area contributed by atoms with Crippen LogP contribution in [-0.2, 0) is 4.74 Å². The van der Waals surface area contributed by atoms with Gasteiger partial charge in [-0.2, -0.15) is 4.98 Å². The van der Waals surface area contributed by atoms with E-state index in [9.17, 15) is 0 Å². The van der Waals surface area contributed by atoms with Crippen LogP contribution in [0, 0.1) is 0 Å². The Morgan fingerprint density at radius 3 is 3.33 bits per heavy atom. The van der Waals surface area contributed by atoms with E-state index in [4.69, 9.17) is 4.74 Å². The average Bonchev–Trinajstić information content (AvgIpc) is 2.87. The molecule has 6 nitrogen and oxygen atoms in total. The third-order valence-corrected chi connectivity index (χ3v) is 2.44. The smallest absolute Gasteiger partial charge is 0.225 e. The van der Waals surface area contributed by atoms with Gasteiger partial charge < -0.3 is 15.0 Å². The third-order valence-electron chi connectivity index (χ3n) is 2.44. The van der Waals surface area contributed by atoms with Crippen LogP contribution in [0.3, 0.4) is 0 Å². The van der Waals surface area contributed by atoms with E-state index in [1.165, 1.54) is 0 Å². The van der Waals surface area contributed by atoms with Crippen molar-refractivity contribution in [2.75, 3.05) is 18.5 Å². The van der Waals surface area contributed by atoms with E-state index in [1.54, 1.807) is 12.5 Å². The van der Waals surface area contributed by atoms with Crippen LogP contribution in [-0.4, -0.2) is 39.2 Å². The Hall–Kier alpha value is -1.69. The first kappa shape index (κ1) is 8.60. The first-order chi connectivity index (χ1) is 7.42. The lowest BCUT2D eigenvalue weighted by Crippen LogP contribution is -2.20. The molecule has 0 aromatic carbocycles. The van der Waals surface area contributed by atoms with Crippen LogP contribution < -0.4 is 5.32 Å². The number of hydrogen-bond acceptors (Lipinski definition) is 5. The molecule has 0 radical (unpaired) electrons. The number of fused-ring (bicyclic) bond motifs is 1. The van der Waals surface area contributed by atoms with Gasteiger partial charge in [0.25, 0.3) is 0 Å². The summed E-state index contributed by atoms with van der Waals surface area (Å²) in [5.41, 5.74) is 1.54. The van der Waals surface area contributed by atoms with Crippen molar-refractivity contribution in [1.82, 2.24) is 19.9 Å². The van der Waals surface area contributed by atoms with E-state index >= 15 is 0 Å². The number of aromatic amines is 1. The van der Waals surface area contributed by atoms with E-state index in [0.717, 1.165) is 25.2 Å². The summed E-state index contributed by atoms with van der Waals surface area (Å²) in [5, 5.41) is 3.22. The molecule has 15 heavy (non-hydrogen) atoms. The minimum Gasteiger partial charge on any atom is -0.379 e. The number of aromatic nitrogens is 4. The Labute approximate surface area is 86.1 Å². The quantitative estimate of drug-likeness (QED) is 0.749. The average molecular weight is 205 g/mol. The predicted molar refractivity (Wildman–Crippen MR) is 54.5 cm³/mol. The van der Waals surface area contributed by atoms with Gasteiger partial charge in [0.15, 0.2) is 5.65 Å². The first-order valence-corrected chi connectivity index (χ1v) is 4.92. The van der Waals surface area contributed by atoms with Crippen molar-refractivity contribution in [3.8, 4) is 0 Å². The predicted octanol–water partition coefficient (Wildman–Crippen LogP) is 0.554.